The van der Waals surface area contributed by atoms with Crippen LogP contribution in [0.2, 0.25) is 0 Å². The summed E-state index contributed by atoms with van der Waals surface area (Å²) in [6.45, 7) is 3.58. The minimum absolute atomic E-state index is 0.0442. The number of carbonyl (C=O) groups excluding carboxylic acids is 1. The van der Waals surface area contributed by atoms with Crippen molar-refractivity contribution in [1.29, 1.82) is 0 Å². The van der Waals surface area contributed by atoms with Crippen molar-refractivity contribution in [3.63, 3.8) is 0 Å². The minimum atomic E-state index is 0.0442. The molecule has 1 saturated heterocycles. The topological polar surface area (TPSA) is 45.5 Å². The number of nitrogens with zero attached hydrogens (tertiary/aromatic N) is 1. The summed E-state index contributed by atoms with van der Waals surface area (Å²) in [5.41, 5.74) is 0.666. The summed E-state index contributed by atoms with van der Waals surface area (Å²) >= 11 is 0. The molecular weight excluding hydrogens is 180 g/mol. The fourth-order valence-corrected chi connectivity index (χ4v) is 1.51. The molecule has 4 nitrogen and oxygen atoms in total. The number of rotatable bonds is 2. The van der Waals surface area contributed by atoms with Crippen molar-refractivity contribution in [3.05, 3.63) is 23.7 Å². The van der Waals surface area contributed by atoms with Crippen LogP contribution in [0.4, 0.5) is 0 Å². The minimum Gasteiger partial charge on any atom is -0.469 e. The van der Waals surface area contributed by atoms with Gasteiger partial charge in [-0.25, -0.2) is 0 Å². The van der Waals surface area contributed by atoms with Gasteiger partial charge in [-0.3, -0.25) is 4.79 Å². The standard InChI is InChI=1S/C10H14N2O2/c1-7-9(3-4-14-7)10(13)12(2)8-5-11-6-8/h3-4,8,11H,5-6H2,1-2H3. The van der Waals surface area contributed by atoms with Gasteiger partial charge in [0.2, 0.25) is 0 Å². The molecule has 1 fully saturated rings. The molecule has 1 amide bonds. The van der Waals surface area contributed by atoms with E-state index >= 15 is 0 Å². The molecule has 0 bridgehead atoms. The largest absolute Gasteiger partial charge is 0.469 e. The van der Waals surface area contributed by atoms with Gasteiger partial charge in [-0.2, -0.15) is 0 Å². The van der Waals surface area contributed by atoms with Crippen molar-refractivity contribution in [2.45, 2.75) is 13.0 Å². The van der Waals surface area contributed by atoms with Gasteiger partial charge in [0.25, 0.3) is 5.91 Å². The van der Waals surface area contributed by atoms with Crippen molar-refractivity contribution in [2.24, 2.45) is 0 Å². The van der Waals surface area contributed by atoms with Crippen molar-refractivity contribution in [1.82, 2.24) is 10.2 Å². The van der Waals surface area contributed by atoms with Crippen LogP contribution in [-0.2, 0) is 0 Å². The zero-order valence-electron chi connectivity index (χ0n) is 8.41. The molecule has 1 aromatic rings. The van der Waals surface area contributed by atoms with Crippen molar-refractivity contribution in [2.75, 3.05) is 20.1 Å². The zero-order valence-corrected chi connectivity index (χ0v) is 8.41. The van der Waals surface area contributed by atoms with Gasteiger partial charge >= 0.3 is 0 Å². The molecule has 0 unspecified atom stereocenters. The average Bonchev–Trinajstić information content (AvgIpc) is 2.47. The molecule has 0 spiro atoms. The van der Waals surface area contributed by atoms with Crippen LogP contribution < -0.4 is 5.32 Å². The van der Waals surface area contributed by atoms with E-state index in [9.17, 15) is 4.79 Å². The fourth-order valence-electron chi connectivity index (χ4n) is 1.51. The molecule has 2 heterocycles. The Balaban J connectivity index is 2.11. The number of nitrogens with one attached hydrogen (secondary N) is 1. The van der Waals surface area contributed by atoms with E-state index in [0.717, 1.165) is 13.1 Å². The molecule has 1 aromatic heterocycles. The van der Waals surface area contributed by atoms with Gasteiger partial charge in [0.1, 0.15) is 5.76 Å². The Morgan fingerprint density at radius 3 is 2.79 bits per heavy atom. The highest BCUT2D eigenvalue weighted by Gasteiger charge is 2.27. The Hall–Kier alpha value is -1.29. The third kappa shape index (κ3) is 1.42. The van der Waals surface area contributed by atoms with Crippen LogP contribution >= 0.6 is 0 Å². The highest BCUT2D eigenvalue weighted by Crippen LogP contribution is 2.13. The van der Waals surface area contributed by atoms with E-state index in [1.165, 1.54) is 0 Å². The van der Waals surface area contributed by atoms with Crippen LogP contribution in [0.15, 0.2) is 16.7 Å². The summed E-state index contributed by atoms with van der Waals surface area (Å²) in [4.78, 5) is 13.7. The van der Waals surface area contributed by atoms with E-state index in [1.54, 1.807) is 24.2 Å². The first kappa shape index (κ1) is 9.27. The Morgan fingerprint density at radius 1 is 1.64 bits per heavy atom. The summed E-state index contributed by atoms with van der Waals surface area (Å²) in [5, 5.41) is 3.14. The zero-order chi connectivity index (χ0) is 10.1. The second-order valence-electron chi connectivity index (χ2n) is 3.62. The summed E-state index contributed by atoms with van der Waals surface area (Å²) in [6.07, 6.45) is 1.55. The smallest absolute Gasteiger partial charge is 0.257 e. The lowest BCUT2D eigenvalue weighted by molar-refractivity contribution is 0.0679. The molecule has 1 N–H and O–H groups in total. The van der Waals surface area contributed by atoms with Crippen LogP contribution in [0, 0.1) is 6.92 Å². The van der Waals surface area contributed by atoms with Crippen molar-refractivity contribution >= 4 is 5.91 Å². The first-order valence-electron chi connectivity index (χ1n) is 4.72. The van der Waals surface area contributed by atoms with E-state index in [4.69, 9.17) is 4.42 Å². The molecule has 2 rings (SSSR count). The SMILES string of the molecule is Cc1occc1C(=O)N(C)C1CNC1. The monoisotopic (exact) mass is 194 g/mol. The first-order chi connectivity index (χ1) is 6.70. The lowest BCUT2D eigenvalue weighted by atomic mass is 10.1. The van der Waals surface area contributed by atoms with E-state index in [0.29, 0.717) is 17.4 Å². The normalized spacial score (nSPS) is 16.4. The Labute approximate surface area is 82.9 Å². The predicted octanol–water partition coefficient (Wildman–Crippen LogP) is 0.632. The van der Waals surface area contributed by atoms with Gasteiger partial charge in [-0.1, -0.05) is 0 Å². The third-order valence-corrected chi connectivity index (χ3v) is 2.72. The number of likely N-dealkylation sites (N-methyl/N-ethyl adjacent to an activating group) is 1. The lowest BCUT2D eigenvalue weighted by Crippen LogP contribution is -2.57. The molecular formula is C10H14N2O2. The highest BCUT2D eigenvalue weighted by atomic mass is 16.3. The van der Waals surface area contributed by atoms with Gasteiger partial charge in [-0.05, 0) is 13.0 Å². The number of amides is 1. The van der Waals surface area contributed by atoms with Gasteiger partial charge < -0.3 is 14.6 Å². The van der Waals surface area contributed by atoms with E-state index < -0.39 is 0 Å². The molecule has 1 aliphatic heterocycles. The summed E-state index contributed by atoms with van der Waals surface area (Å²) < 4.78 is 5.10. The Kier molecular flexibility index (Phi) is 2.29. The maximum absolute atomic E-state index is 11.9. The van der Waals surface area contributed by atoms with Crippen LogP contribution in [0.3, 0.4) is 0 Å². The fraction of sp³-hybridized carbons (Fsp3) is 0.500. The summed E-state index contributed by atoms with van der Waals surface area (Å²) in [5.74, 6) is 0.733. The molecule has 0 aromatic carbocycles. The van der Waals surface area contributed by atoms with Gasteiger partial charge in [0, 0.05) is 20.1 Å². The van der Waals surface area contributed by atoms with Crippen LogP contribution in [0.5, 0.6) is 0 Å². The van der Waals surface area contributed by atoms with Crippen LogP contribution in [0.1, 0.15) is 16.1 Å². The maximum atomic E-state index is 11.9. The third-order valence-electron chi connectivity index (χ3n) is 2.72. The maximum Gasteiger partial charge on any atom is 0.257 e. The second-order valence-corrected chi connectivity index (χ2v) is 3.62. The molecule has 1 aliphatic rings. The van der Waals surface area contributed by atoms with E-state index in [2.05, 4.69) is 5.32 Å². The number of hydrogen-bond acceptors (Lipinski definition) is 3. The highest BCUT2D eigenvalue weighted by molar-refractivity contribution is 5.95. The number of aryl methyl sites for hydroxylation is 1. The Morgan fingerprint density at radius 2 is 2.36 bits per heavy atom. The average molecular weight is 194 g/mol. The molecule has 0 aliphatic carbocycles. The van der Waals surface area contributed by atoms with E-state index in [1.807, 2.05) is 7.05 Å². The number of furan rings is 1. The quantitative estimate of drug-likeness (QED) is 0.751. The molecule has 0 radical (unpaired) electrons. The molecule has 14 heavy (non-hydrogen) atoms. The number of hydrogen-bond donors (Lipinski definition) is 1. The first-order valence-corrected chi connectivity index (χ1v) is 4.72. The van der Waals surface area contributed by atoms with Crippen molar-refractivity contribution in [3.8, 4) is 0 Å². The van der Waals surface area contributed by atoms with E-state index in [-0.39, 0.29) is 5.91 Å². The van der Waals surface area contributed by atoms with Gasteiger partial charge in [0.15, 0.2) is 0 Å². The second kappa shape index (κ2) is 3.46. The lowest BCUT2D eigenvalue weighted by Gasteiger charge is -2.35. The Bertz CT molecular complexity index is 342. The molecule has 4 heteroatoms. The molecule has 0 atom stereocenters. The van der Waals surface area contributed by atoms with Crippen molar-refractivity contribution < 1.29 is 9.21 Å². The summed E-state index contributed by atoms with van der Waals surface area (Å²) in [7, 11) is 1.83. The number of carbonyl (C=O) groups is 1. The molecule has 0 saturated carbocycles. The van der Waals surface area contributed by atoms with Crippen LogP contribution in [-0.4, -0.2) is 37.0 Å². The van der Waals surface area contributed by atoms with Gasteiger partial charge in [0.05, 0.1) is 17.9 Å². The predicted molar refractivity (Wildman–Crippen MR) is 52.2 cm³/mol. The van der Waals surface area contributed by atoms with Gasteiger partial charge in [-0.15, -0.1) is 0 Å². The summed E-state index contributed by atoms with van der Waals surface area (Å²) in [6, 6.07) is 2.05. The van der Waals surface area contributed by atoms with Crippen LogP contribution in [0.25, 0.3) is 0 Å². The molecule has 76 valence electrons.